The van der Waals surface area contributed by atoms with Crippen molar-refractivity contribution in [3.05, 3.63) is 117 Å². The fourth-order valence-electron chi connectivity index (χ4n) is 4.98. The van der Waals surface area contributed by atoms with Crippen LogP contribution in [-0.2, 0) is 6.18 Å². The van der Waals surface area contributed by atoms with Crippen molar-refractivity contribution in [2.75, 3.05) is 6.61 Å². The monoisotopic (exact) mass is 624 g/mol. The number of hydrogen-bond donors (Lipinski definition) is 3. The maximum absolute atomic E-state index is 14.2. The first-order valence-electron chi connectivity index (χ1n) is 13.6. The van der Waals surface area contributed by atoms with E-state index in [0.29, 0.717) is 11.8 Å². The molecule has 8 nitrogen and oxygen atoms in total. The average Bonchev–Trinajstić information content (AvgIpc) is 3.00. The molecule has 3 heterocycles. The molecular weight excluding hydrogens is 599 g/mol. The Bertz CT molecular complexity index is 1960. The predicted molar refractivity (Wildman–Crippen MR) is 155 cm³/mol. The zero-order valence-corrected chi connectivity index (χ0v) is 23.8. The molecule has 1 atom stereocenters. The summed E-state index contributed by atoms with van der Waals surface area (Å²) in [6.07, 6.45) is -2.84. The number of nitrogens with one attached hydrogen (secondary N) is 2. The number of carbonyl (C=O) groups is 1. The lowest BCUT2D eigenvalue weighted by Gasteiger charge is -2.19. The number of pyridine rings is 3. The zero-order valence-electron chi connectivity index (χ0n) is 23.8. The fourth-order valence-corrected chi connectivity index (χ4v) is 4.98. The Morgan fingerprint density at radius 3 is 2.47 bits per heavy atom. The number of rotatable bonds is 8. The van der Waals surface area contributed by atoms with Crippen LogP contribution in [-0.4, -0.2) is 32.6 Å². The Morgan fingerprint density at radius 1 is 1.04 bits per heavy atom. The minimum Gasteiger partial charge on any atom is -0.438 e. The lowest BCUT2D eigenvalue weighted by Crippen LogP contribution is -2.31. The summed E-state index contributed by atoms with van der Waals surface area (Å²) < 4.78 is 75.4. The third kappa shape index (κ3) is 6.25. The number of benzene rings is 2. The van der Waals surface area contributed by atoms with E-state index in [1.165, 1.54) is 19.2 Å². The summed E-state index contributed by atoms with van der Waals surface area (Å²) in [4.78, 5) is 37.7. The van der Waals surface area contributed by atoms with Crippen LogP contribution in [0, 0.1) is 25.5 Å². The quantitative estimate of drug-likeness (QED) is 0.169. The topological polar surface area (TPSA) is 117 Å². The largest absolute Gasteiger partial charge is 0.438 e. The molecule has 5 aromatic rings. The van der Waals surface area contributed by atoms with Crippen molar-refractivity contribution < 1.29 is 36.6 Å². The van der Waals surface area contributed by atoms with Crippen LogP contribution in [0.1, 0.15) is 45.2 Å². The number of H-pyrrole nitrogens is 1. The van der Waals surface area contributed by atoms with Gasteiger partial charge in [0.1, 0.15) is 11.4 Å². The molecule has 2 aromatic carbocycles. The maximum Gasteiger partial charge on any atom is 0.418 e. The Balaban J connectivity index is 1.62. The van der Waals surface area contributed by atoms with Gasteiger partial charge < -0.3 is 20.1 Å². The summed E-state index contributed by atoms with van der Waals surface area (Å²) >= 11 is 0. The lowest BCUT2D eigenvalue weighted by atomic mass is 10.0. The highest BCUT2D eigenvalue weighted by Gasteiger charge is 2.35. The molecule has 45 heavy (non-hydrogen) atoms. The molecule has 232 valence electrons. The second kappa shape index (κ2) is 12.4. The third-order valence-corrected chi connectivity index (χ3v) is 7.26. The Hall–Kier alpha value is -5.17. The molecule has 3 N–H and O–H groups in total. The van der Waals surface area contributed by atoms with Gasteiger partial charge in [0.15, 0.2) is 17.1 Å². The van der Waals surface area contributed by atoms with Crippen LogP contribution < -0.4 is 15.5 Å². The van der Waals surface area contributed by atoms with Gasteiger partial charge in [-0.25, -0.2) is 13.8 Å². The molecule has 0 radical (unpaired) electrons. The maximum atomic E-state index is 14.2. The number of halogens is 5. The molecule has 0 spiro atoms. The standard InChI is InChI=1S/C32H25F5N4O4/c1-16-19(32(35,36)37)15-39-31(45-25-9-8-20(33)28(34)17(25)2)26(16)23-14-24(43)27-22(40-23)10-12-38-29(27)30(44)41-21(11-13-42)18-6-4-3-5-7-18/h3-10,12,14-15,21,42H,11,13H2,1-2H3,(H,40,43)(H,41,44)/t21-/m0/s1. The molecule has 3 aromatic heterocycles. The molecular formula is C32H25F5N4O4. The van der Waals surface area contributed by atoms with Gasteiger partial charge in [-0.15, -0.1) is 0 Å². The highest BCUT2D eigenvalue weighted by molar-refractivity contribution is 6.04. The number of aromatic nitrogens is 3. The number of nitrogens with zero attached hydrogens (tertiary/aromatic N) is 2. The van der Waals surface area contributed by atoms with Gasteiger partial charge in [0.05, 0.1) is 33.8 Å². The molecule has 13 heteroatoms. The van der Waals surface area contributed by atoms with E-state index in [9.17, 15) is 36.6 Å². The van der Waals surface area contributed by atoms with E-state index in [0.717, 1.165) is 25.1 Å². The summed E-state index contributed by atoms with van der Waals surface area (Å²) in [5.41, 5.74) is -2.32. The molecule has 0 aliphatic heterocycles. The summed E-state index contributed by atoms with van der Waals surface area (Å²) in [6, 6.07) is 12.5. The summed E-state index contributed by atoms with van der Waals surface area (Å²) in [5.74, 6) is -3.68. The first kappa shape index (κ1) is 31.3. The van der Waals surface area contributed by atoms with Crippen LogP contribution in [0.4, 0.5) is 22.0 Å². The molecule has 0 unspecified atom stereocenters. The number of fused-ring (bicyclic) bond motifs is 1. The van der Waals surface area contributed by atoms with Crippen molar-refractivity contribution in [3.63, 3.8) is 0 Å². The van der Waals surface area contributed by atoms with E-state index < -0.39 is 46.6 Å². The number of alkyl halides is 3. The molecule has 0 saturated carbocycles. The van der Waals surface area contributed by atoms with Crippen molar-refractivity contribution >= 4 is 16.8 Å². The van der Waals surface area contributed by atoms with Gasteiger partial charge in [-0.3, -0.25) is 14.6 Å². The molecule has 0 aliphatic rings. The SMILES string of the molecule is Cc1c(Oc2ncc(C(F)(F)F)c(C)c2-c2cc(=O)c3c(C(=O)N[C@@H](CCO)c4ccccc4)nccc3[nH]2)ccc(F)c1F. The zero-order chi connectivity index (χ0) is 32.5. The van der Waals surface area contributed by atoms with Crippen LogP contribution in [0.2, 0.25) is 0 Å². The van der Waals surface area contributed by atoms with E-state index in [1.54, 1.807) is 30.3 Å². The van der Waals surface area contributed by atoms with Gasteiger partial charge in [-0.2, -0.15) is 13.2 Å². The normalized spacial score (nSPS) is 12.3. The van der Waals surface area contributed by atoms with Crippen LogP contribution in [0.5, 0.6) is 11.6 Å². The van der Waals surface area contributed by atoms with Crippen LogP contribution in [0.15, 0.2) is 71.8 Å². The van der Waals surface area contributed by atoms with Gasteiger partial charge >= 0.3 is 6.18 Å². The Morgan fingerprint density at radius 2 is 1.78 bits per heavy atom. The smallest absolute Gasteiger partial charge is 0.418 e. The van der Waals surface area contributed by atoms with Crippen molar-refractivity contribution in [2.45, 2.75) is 32.5 Å². The van der Waals surface area contributed by atoms with Crippen LogP contribution in [0.25, 0.3) is 22.2 Å². The lowest BCUT2D eigenvalue weighted by molar-refractivity contribution is -0.138. The van der Waals surface area contributed by atoms with E-state index in [-0.39, 0.29) is 57.8 Å². The molecule has 5 rings (SSSR count). The minimum atomic E-state index is -4.82. The first-order chi connectivity index (χ1) is 21.4. The molecule has 0 saturated heterocycles. The van der Waals surface area contributed by atoms with Gasteiger partial charge in [0, 0.05) is 30.6 Å². The van der Waals surface area contributed by atoms with Gasteiger partial charge in [-0.05, 0) is 49.6 Å². The first-order valence-corrected chi connectivity index (χ1v) is 13.6. The van der Waals surface area contributed by atoms with E-state index >= 15 is 0 Å². The summed E-state index contributed by atoms with van der Waals surface area (Å²) in [5, 5.41) is 12.2. The highest BCUT2D eigenvalue weighted by atomic mass is 19.4. The number of carbonyl (C=O) groups excluding carboxylic acids is 1. The van der Waals surface area contributed by atoms with Crippen molar-refractivity contribution in [1.82, 2.24) is 20.3 Å². The molecule has 1 amide bonds. The fraction of sp³-hybridized carbons (Fsp3) is 0.188. The number of hydrogen-bond acceptors (Lipinski definition) is 6. The number of amides is 1. The third-order valence-electron chi connectivity index (χ3n) is 7.26. The van der Waals surface area contributed by atoms with Crippen molar-refractivity contribution in [1.29, 1.82) is 0 Å². The highest BCUT2D eigenvalue weighted by Crippen LogP contribution is 2.41. The van der Waals surface area contributed by atoms with E-state index in [1.807, 2.05) is 0 Å². The van der Waals surface area contributed by atoms with E-state index in [2.05, 4.69) is 20.3 Å². The predicted octanol–water partition coefficient (Wildman–Crippen LogP) is 6.54. The van der Waals surface area contributed by atoms with Gasteiger partial charge in [-0.1, -0.05) is 30.3 Å². The van der Waals surface area contributed by atoms with Crippen LogP contribution in [0.3, 0.4) is 0 Å². The molecule has 0 fully saturated rings. The van der Waals surface area contributed by atoms with Crippen molar-refractivity contribution in [3.8, 4) is 22.9 Å². The Labute approximate surface area is 252 Å². The minimum absolute atomic E-state index is 0.0721. The average molecular weight is 625 g/mol. The number of ether oxygens (including phenoxy) is 1. The summed E-state index contributed by atoms with van der Waals surface area (Å²) in [6.45, 7) is 2.15. The number of aliphatic hydroxyl groups excluding tert-OH is 1. The van der Waals surface area contributed by atoms with Crippen LogP contribution >= 0.6 is 0 Å². The van der Waals surface area contributed by atoms with Crippen molar-refractivity contribution in [2.24, 2.45) is 0 Å². The summed E-state index contributed by atoms with van der Waals surface area (Å²) in [7, 11) is 0. The second-order valence-corrected chi connectivity index (χ2v) is 10.1. The Kier molecular flexibility index (Phi) is 8.64. The number of aliphatic hydroxyl groups is 1. The van der Waals surface area contributed by atoms with Gasteiger partial charge in [0.25, 0.3) is 5.91 Å². The molecule has 0 aliphatic carbocycles. The molecule has 0 bridgehead atoms. The van der Waals surface area contributed by atoms with E-state index in [4.69, 9.17) is 4.74 Å². The van der Waals surface area contributed by atoms with Gasteiger partial charge in [0.2, 0.25) is 5.88 Å². The second-order valence-electron chi connectivity index (χ2n) is 10.1. The number of aromatic amines is 1.